The van der Waals surface area contributed by atoms with Crippen molar-refractivity contribution in [3.05, 3.63) is 34.3 Å². The van der Waals surface area contributed by atoms with Gasteiger partial charge < -0.3 is 5.32 Å². The second-order valence-electron chi connectivity index (χ2n) is 3.89. The Morgan fingerprint density at radius 2 is 2.06 bits per heavy atom. The highest BCUT2D eigenvalue weighted by molar-refractivity contribution is 6.31. The Bertz CT molecular complexity index is 383. The van der Waals surface area contributed by atoms with Gasteiger partial charge in [0.05, 0.1) is 5.56 Å². The summed E-state index contributed by atoms with van der Waals surface area (Å²) in [6.07, 6.45) is -3.63. The van der Waals surface area contributed by atoms with E-state index in [1.54, 1.807) is 0 Å². The van der Waals surface area contributed by atoms with Gasteiger partial charge in [0.15, 0.2) is 0 Å². The molecule has 1 saturated heterocycles. The molecule has 0 aromatic heterocycles. The standard InChI is InChI=1S/C11H11ClF3N/c12-9-3-1-2-8(11(13,14)15)10(9)7-4-5-16-6-7/h1-3,7,16H,4-6H2. The maximum Gasteiger partial charge on any atom is 0.416 e. The van der Waals surface area contributed by atoms with Gasteiger partial charge in [0.25, 0.3) is 0 Å². The topological polar surface area (TPSA) is 12.0 Å². The Kier molecular flexibility index (Phi) is 3.13. The molecular weight excluding hydrogens is 239 g/mol. The van der Waals surface area contributed by atoms with Crippen LogP contribution in [-0.2, 0) is 6.18 Å². The zero-order valence-corrected chi connectivity index (χ0v) is 9.20. The van der Waals surface area contributed by atoms with Crippen molar-refractivity contribution in [3.63, 3.8) is 0 Å². The second kappa shape index (κ2) is 4.26. The number of hydrogen-bond donors (Lipinski definition) is 1. The number of alkyl halides is 3. The normalized spacial score (nSPS) is 21.4. The Morgan fingerprint density at radius 3 is 2.62 bits per heavy atom. The molecule has 1 fully saturated rings. The van der Waals surface area contributed by atoms with Crippen LogP contribution in [0.1, 0.15) is 23.5 Å². The summed E-state index contributed by atoms with van der Waals surface area (Å²) >= 11 is 5.89. The molecule has 1 N–H and O–H groups in total. The highest BCUT2D eigenvalue weighted by Gasteiger charge is 2.36. The SMILES string of the molecule is FC(F)(F)c1cccc(Cl)c1C1CCNC1. The molecule has 0 aliphatic carbocycles. The minimum Gasteiger partial charge on any atom is -0.316 e. The Morgan fingerprint density at radius 1 is 1.31 bits per heavy atom. The fourth-order valence-electron chi connectivity index (χ4n) is 2.10. The highest BCUT2D eigenvalue weighted by atomic mass is 35.5. The molecule has 88 valence electrons. The number of hydrogen-bond acceptors (Lipinski definition) is 1. The van der Waals surface area contributed by atoms with Crippen LogP contribution >= 0.6 is 11.6 Å². The maximum absolute atomic E-state index is 12.8. The fraction of sp³-hybridized carbons (Fsp3) is 0.455. The first-order valence-corrected chi connectivity index (χ1v) is 5.44. The predicted octanol–water partition coefficient (Wildman–Crippen LogP) is 3.44. The van der Waals surface area contributed by atoms with Crippen molar-refractivity contribution in [2.75, 3.05) is 13.1 Å². The predicted molar refractivity (Wildman–Crippen MR) is 56.7 cm³/mol. The van der Waals surface area contributed by atoms with Crippen LogP contribution in [0.15, 0.2) is 18.2 Å². The first kappa shape index (κ1) is 11.7. The van der Waals surface area contributed by atoms with Crippen molar-refractivity contribution in [2.24, 2.45) is 0 Å². The van der Waals surface area contributed by atoms with Crippen molar-refractivity contribution in [1.82, 2.24) is 5.32 Å². The number of benzene rings is 1. The molecule has 1 aromatic rings. The molecule has 1 nitrogen and oxygen atoms in total. The summed E-state index contributed by atoms with van der Waals surface area (Å²) in [5.74, 6) is -0.134. The summed E-state index contributed by atoms with van der Waals surface area (Å²) in [4.78, 5) is 0. The molecule has 1 aromatic carbocycles. The molecule has 0 spiro atoms. The average Bonchev–Trinajstić information content (AvgIpc) is 2.68. The molecular formula is C11H11ClF3N. The molecule has 1 aliphatic rings. The number of nitrogens with one attached hydrogen (secondary N) is 1. The van der Waals surface area contributed by atoms with Gasteiger partial charge in [-0.15, -0.1) is 0 Å². The first-order valence-electron chi connectivity index (χ1n) is 5.06. The van der Waals surface area contributed by atoms with Crippen LogP contribution in [0.25, 0.3) is 0 Å². The lowest BCUT2D eigenvalue weighted by Crippen LogP contribution is -2.14. The van der Waals surface area contributed by atoms with Crippen molar-refractivity contribution >= 4 is 11.6 Å². The van der Waals surface area contributed by atoms with Crippen LogP contribution in [0.5, 0.6) is 0 Å². The van der Waals surface area contributed by atoms with Gasteiger partial charge in [0, 0.05) is 11.6 Å². The lowest BCUT2D eigenvalue weighted by molar-refractivity contribution is -0.138. The van der Waals surface area contributed by atoms with Gasteiger partial charge in [-0.05, 0) is 36.6 Å². The van der Waals surface area contributed by atoms with Gasteiger partial charge in [-0.3, -0.25) is 0 Å². The zero-order valence-electron chi connectivity index (χ0n) is 8.44. The van der Waals surface area contributed by atoms with E-state index < -0.39 is 11.7 Å². The van der Waals surface area contributed by atoms with Crippen LogP contribution in [0.4, 0.5) is 13.2 Å². The van der Waals surface area contributed by atoms with E-state index in [1.165, 1.54) is 12.1 Å². The summed E-state index contributed by atoms with van der Waals surface area (Å²) in [5.41, 5.74) is -0.365. The van der Waals surface area contributed by atoms with Gasteiger partial charge in [-0.25, -0.2) is 0 Å². The van der Waals surface area contributed by atoms with Crippen LogP contribution < -0.4 is 5.32 Å². The summed E-state index contributed by atoms with van der Waals surface area (Å²) in [7, 11) is 0. The van der Waals surface area contributed by atoms with Gasteiger partial charge in [0.2, 0.25) is 0 Å². The molecule has 2 rings (SSSR count). The summed E-state index contributed by atoms with van der Waals surface area (Å²) < 4.78 is 38.4. The third-order valence-electron chi connectivity index (χ3n) is 2.83. The smallest absolute Gasteiger partial charge is 0.316 e. The number of halogens is 4. The molecule has 16 heavy (non-hydrogen) atoms. The van der Waals surface area contributed by atoms with Crippen LogP contribution in [-0.4, -0.2) is 13.1 Å². The molecule has 0 bridgehead atoms. The minimum absolute atomic E-state index is 0.134. The van der Waals surface area contributed by atoms with Crippen molar-refractivity contribution in [3.8, 4) is 0 Å². The van der Waals surface area contributed by atoms with E-state index in [0.717, 1.165) is 12.6 Å². The van der Waals surface area contributed by atoms with E-state index in [2.05, 4.69) is 5.32 Å². The lowest BCUT2D eigenvalue weighted by atomic mass is 9.93. The maximum atomic E-state index is 12.8. The average molecular weight is 250 g/mol. The zero-order chi connectivity index (χ0) is 11.8. The van der Waals surface area contributed by atoms with Gasteiger partial charge in [-0.1, -0.05) is 17.7 Å². The van der Waals surface area contributed by atoms with Crippen molar-refractivity contribution in [2.45, 2.75) is 18.5 Å². The summed E-state index contributed by atoms with van der Waals surface area (Å²) in [6.45, 7) is 1.31. The van der Waals surface area contributed by atoms with Crippen molar-refractivity contribution < 1.29 is 13.2 Å². The fourth-order valence-corrected chi connectivity index (χ4v) is 2.43. The van der Waals surface area contributed by atoms with Crippen LogP contribution in [0.3, 0.4) is 0 Å². The van der Waals surface area contributed by atoms with Crippen LogP contribution in [0.2, 0.25) is 5.02 Å². The van der Waals surface area contributed by atoms with E-state index in [1.807, 2.05) is 0 Å². The molecule has 5 heteroatoms. The van der Waals surface area contributed by atoms with Crippen LogP contribution in [0, 0.1) is 0 Å². The monoisotopic (exact) mass is 249 g/mol. The first-order chi connectivity index (χ1) is 7.50. The van der Waals surface area contributed by atoms with E-state index in [0.29, 0.717) is 13.0 Å². The van der Waals surface area contributed by atoms with E-state index in [-0.39, 0.29) is 16.5 Å². The Balaban J connectivity index is 2.48. The van der Waals surface area contributed by atoms with Gasteiger partial charge in [0.1, 0.15) is 0 Å². The second-order valence-corrected chi connectivity index (χ2v) is 4.30. The molecule has 0 saturated carbocycles. The van der Waals surface area contributed by atoms with E-state index >= 15 is 0 Å². The lowest BCUT2D eigenvalue weighted by Gasteiger charge is -2.18. The largest absolute Gasteiger partial charge is 0.416 e. The third-order valence-corrected chi connectivity index (χ3v) is 3.16. The Hall–Kier alpha value is -0.740. The molecule has 1 aliphatic heterocycles. The van der Waals surface area contributed by atoms with Gasteiger partial charge in [-0.2, -0.15) is 13.2 Å². The molecule has 0 amide bonds. The molecule has 1 heterocycles. The van der Waals surface area contributed by atoms with E-state index in [4.69, 9.17) is 11.6 Å². The van der Waals surface area contributed by atoms with E-state index in [9.17, 15) is 13.2 Å². The third kappa shape index (κ3) is 2.18. The molecule has 0 radical (unpaired) electrons. The molecule has 1 unspecified atom stereocenters. The number of rotatable bonds is 1. The highest BCUT2D eigenvalue weighted by Crippen LogP contribution is 2.40. The Labute approximate surface area is 96.6 Å². The quantitative estimate of drug-likeness (QED) is 0.804. The van der Waals surface area contributed by atoms with Crippen molar-refractivity contribution in [1.29, 1.82) is 0 Å². The van der Waals surface area contributed by atoms with Gasteiger partial charge >= 0.3 is 6.18 Å². The summed E-state index contributed by atoms with van der Waals surface area (Å²) in [6, 6.07) is 3.96. The summed E-state index contributed by atoms with van der Waals surface area (Å²) in [5, 5.41) is 3.26. The molecule has 1 atom stereocenters. The minimum atomic E-state index is -4.33.